The molecule has 1 atom stereocenters. The van der Waals surface area contributed by atoms with E-state index in [1.807, 2.05) is 12.1 Å². The second kappa shape index (κ2) is 6.75. The summed E-state index contributed by atoms with van der Waals surface area (Å²) < 4.78 is 5.93. The van der Waals surface area contributed by atoms with Crippen molar-refractivity contribution >= 4 is 27.8 Å². The summed E-state index contributed by atoms with van der Waals surface area (Å²) in [6.45, 7) is 3.93. The number of rotatable bonds is 3. The number of ether oxygens (including phenoxy) is 1. The van der Waals surface area contributed by atoms with Crippen molar-refractivity contribution < 1.29 is 9.53 Å². The second-order valence-electron chi connectivity index (χ2n) is 4.48. The van der Waals surface area contributed by atoms with Gasteiger partial charge in [-0.05, 0) is 31.9 Å². The molecule has 1 saturated heterocycles. The van der Waals surface area contributed by atoms with Crippen molar-refractivity contribution in [2.24, 2.45) is 0 Å². The van der Waals surface area contributed by atoms with E-state index in [0.717, 1.165) is 36.2 Å². The molecule has 5 nitrogen and oxygen atoms in total. The van der Waals surface area contributed by atoms with Crippen LogP contribution in [0.4, 0.5) is 10.6 Å². The van der Waals surface area contributed by atoms with Crippen LogP contribution >= 0.6 is 15.9 Å². The highest BCUT2D eigenvalue weighted by atomic mass is 79.9. The molecule has 1 amide bonds. The van der Waals surface area contributed by atoms with Crippen molar-refractivity contribution in [1.82, 2.24) is 10.3 Å². The van der Waals surface area contributed by atoms with Crippen LogP contribution in [-0.2, 0) is 4.74 Å². The number of amides is 1. The minimum atomic E-state index is -0.337. The first-order chi connectivity index (χ1) is 9.19. The molecule has 2 heterocycles. The van der Waals surface area contributed by atoms with E-state index in [1.165, 1.54) is 0 Å². The van der Waals surface area contributed by atoms with Crippen molar-refractivity contribution in [3.63, 3.8) is 0 Å². The molecular weight excluding hydrogens is 310 g/mol. The first kappa shape index (κ1) is 14.1. The summed E-state index contributed by atoms with van der Waals surface area (Å²) in [5, 5.41) is 2.89. The van der Waals surface area contributed by atoms with Gasteiger partial charge in [0.25, 0.3) is 0 Å². The molecule has 6 heteroatoms. The Balaban J connectivity index is 1.95. The van der Waals surface area contributed by atoms with Gasteiger partial charge in [-0.15, -0.1) is 0 Å². The van der Waals surface area contributed by atoms with Crippen LogP contribution in [0.5, 0.6) is 0 Å². The first-order valence-electron chi connectivity index (χ1n) is 6.49. The number of piperidine rings is 1. The van der Waals surface area contributed by atoms with Crippen molar-refractivity contribution in [2.45, 2.75) is 25.8 Å². The van der Waals surface area contributed by atoms with Crippen LogP contribution in [0.25, 0.3) is 0 Å². The second-order valence-corrected chi connectivity index (χ2v) is 5.40. The molecule has 1 aliphatic rings. The number of anilines is 1. The highest BCUT2D eigenvalue weighted by molar-refractivity contribution is 9.10. The van der Waals surface area contributed by atoms with Gasteiger partial charge >= 0.3 is 6.09 Å². The first-order valence-corrected chi connectivity index (χ1v) is 7.28. The van der Waals surface area contributed by atoms with Crippen molar-refractivity contribution in [2.75, 3.05) is 24.6 Å². The fourth-order valence-electron chi connectivity index (χ4n) is 2.21. The fraction of sp³-hybridized carbons (Fsp3) is 0.538. The van der Waals surface area contributed by atoms with E-state index in [-0.39, 0.29) is 12.1 Å². The highest BCUT2D eigenvalue weighted by Gasteiger charge is 2.22. The zero-order chi connectivity index (χ0) is 13.7. The lowest BCUT2D eigenvalue weighted by atomic mass is 10.1. The maximum atomic E-state index is 11.4. The van der Waals surface area contributed by atoms with Gasteiger partial charge in [-0.25, -0.2) is 9.78 Å². The van der Waals surface area contributed by atoms with E-state index >= 15 is 0 Å². The third-order valence-electron chi connectivity index (χ3n) is 3.05. The average molecular weight is 328 g/mol. The van der Waals surface area contributed by atoms with Crippen molar-refractivity contribution in [1.29, 1.82) is 0 Å². The van der Waals surface area contributed by atoms with Gasteiger partial charge in [-0.2, -0.15) is 0 Å². The van der Waals surface area contributed by atoms with Crippen LogP contribution in [0.1, 0.15) is 19.8 Å². The van der Waals surface area contributed by atoms with Gasteiger partial charge in [0.15, 0.2) is 0 Å². The molecule has 1 fully saturated rings. The topological polar surface area (TPSA) is 54.5 Å². The predicted octanol–water partition coefficient (Wildman–Crippen LogP) is 2.56. The summed E-state index contributed by atoms with van der Waals surface area (Å²) >= 11 is 3.45. The minimum absolute atomic E-state index is 0.119. The number of alkyl carbamates (subject to hydrolysis) is 1. The largest absolute Gasteiger partial charge is 0.450 e. The zero-order valence-corrected chi connectivity index (χ0v) is 12.5. The molecule has 0 spiro atoms. The zero-order valence-electron chi connectivity index (χ0n) is 10.9. The van der Waals surface area contributed by atoms with Gasteiger partial charge in [0.05, 0.1) is 6.61 Å². The number of nitrogens with one attached hydrogen (secondary N) is 1. The lowest BCUT2D eigenvalue weighted by Crippen LogP contribution is -2.48. The Bertz CT molecular complexity index is 442. The van der Waals surface area contributed by atoms with Crippen LogP contribution in [0, 0.1) is 0 Å². The summed E-state index contributed by atoms with van der Waals surface area (Å²) in [4.78, 5) is 18.0. The average Bonchev–Trinajstić information content (AvgIpc) is 2.39. The highest BCUT2D eigenvalue weighted by Crippen LogP contribution is 2.21. The Labute approximate surface area is 121 Å². The molecule has 0 saturated carbocycles. The number of carbonyl (C=O) groups is 1. The molecular formula is C13H18BrN3O2. The minimum Gasteiger partial charge on any atom is -0.450 e. The molecule has 0 aliphatic carbocycles. The molecule has 0 bridgehead atoms. The van der Waals surface area contributed by atoms with Gasteiger partial charge in [0.2, 0.25) is 0 Å². The number of aromatic nitrogens is 1. The Kier molecular flexibility index (Phi) is 5.01. The van der Waals surface area contributed by atoms with Crippen LogP contribution in [0.15, 0.2) is 22.8 Å². The van der Waals surface area contributed by atoms with Gasteiger partial charge in [-0.3, -0.25) is 0 Å². The van der Waals surface area contributed by atoms with E-state index in [9.17, 15) is 4.79 Å². The van der Waals surface area contributed by atoms with E-state index in [2.05, 4.69) is 31.1 Å². The molecule has 0 aromatic carbocycles. The summed E-state index contributed by atoms with van der Waals surface area (Å²) in [7, 11) is 0. The van der Waals surface area contributed by atoms with Crippen molar-refractivity contribution in [3.05, 3.63) is 22.8 Å². The molecule has 0 unspecified atom stereocenters. The molecule has 2 rings (SSSR count). The van der Waals surface area contributed by atoms with Crippen LogP contribution < -0.4 is 10.2 Å². The Morgan fingerprint density at radius 1 is 1.68 bits per heavy atom. The van der Waals surface area contributed by atoms with Crippen LogP contribution in [0.2, 0.25) is 0 Å². The number of nitrogens with zero attached hydrogens (tertiary/aromatic N) is 2. The third kappa shape index (κ3) is 4.09. The lowest BCUT2D eigenvalue weighted by Gasteiger charge is -2.33. The summed E-state index contributed by atoms with van der Waals surface area (Å²) in [6.07, 6.45) is 3.45. The lowest BCUT2D eigenvalue weighted by molar-refractivity contribution is 0.146. The summed E-state index contributed by atoms with van der Waals surface area (Å²) in [6, 6.07) is 4.02. The predicted molar refractivity (Wildman–Crippen MR) is 77.3 cm³/mol. The molecule has 1 aliphatic heterocycles. The number of hydrogen-bond donors (Lipinski definition) is 1. The normalized spacial score (nSPS) is 19.1. The van der Waals surface area contributed by atoms with Gasteiger partial charge < -0.3 is 15.0 Å². The van der Waals surface area contributed by atoms with Gasteiger partial charge in [0, 0.05) is 29.8 Å². The summed E-state index contributed by atoms with van der Waals surface area (Å²) in [5.41, 5.74) is 0. The molecule has 1 aromatic rings. The van der Waals surface area contributed by atoms with Gasteiger partial charge in [-0.1, -0.05) is 15.9 Å². The number of halogens is 1. The molecule has 19 heavy (non-hydrogen) atoms. The van der Waals surface area contributed by atoms with Crippen molar-refractivity contribution in [3.8, 4) is 0 Å². The van der Waals surface area contributed by atoms with E-state index < -0.39 is 0 Å². The Morgan fingerprint density at radius 3 is 3.26 bits per heavy atom. The molecule has 104 valence electrons. The maximum Gasteiger partial charge on any atom is 0.407 e. The third-order valence-corrected chi connectivity index (χ3v) is 3.54. The maximum absolute atomic E-state index is 11.4. The van der Waals surface area contributed by atoms with Crippen LogP contribution in [-0.4, -0.2) is 36.8 Å². The molecule has 1 aromatic heterocycles. The SMILES string of the molecule is CCOC(=O)N[C@@H]1CCCN(c2cc(Br)ccn2)C1. The Hall–Kier alpha value is -1.30. The smallest absolute Gasteiger partial charge is 0.407 e. The van der Waals surface area contributed by atoms with E-state index in [1.54, 1.807) is 13.1 Å². The summed E-state index contributed by atoms with van der Waals surface area (Å²) in [5.74, 6) is 0.935. The molecule has 0 radical (unpaired) electrons. The quantitative estimate of drug-likeness (QED) is 0.927. The Morgan fingerprint density at radius 2 is 2.53 bits per heavy atom. The van der Waals surface area contributed by atoms with Crippen LogP contribution in [0.3, 0.4) is 0 Å². The number of pyridine rings is 1. The van der Waals surface area contributed by atoms with E-state index in [0.29, 0.717) is 6.61 Å². The van der Waals surface area contributed by atoms with E-state index in [4.69, 9.17) is 4.74 Å². The monoisotopic (exact) mass is 327 g/mol. The fourth-order valence-corrected chi connectivity index (χ4v) is 2.53. The van der Waals surface area contributed by atoms with Gasteiger partial charge in [0.1, 0.15) is 5.82 Å². The number of hydrogen-bond acceptors (Lipinski definition) is 4. The molecule has 1 N–H and O–H groups in total. The standard InChI is InChI=1S/C13H18BrN3O2/c1-2-19-13(18)16-11-4-3-7-17(9-11)12-8-10(14)5-6-15-12/h5-6,8,11H,2-4,7,9H2,1H3,(H,16,18)/t11-/m1/s1. The number of carbonyl (C=O) groups excluding carboxylic acids is 1.